The van der Waals surface area contributed by atoms with E-state index in [0.29, 0.717) is 31.8 Å². The Morgan fingerprint density at radius 1 is 1.15 bits per heavy atom. The molecule has 7 heteroatoms. The van der Waals surface area contributed by atoms with Crippen molar-refractivity contribution >= 4 is 11.8 Å². The van der Waals surface area contributed by atoms with Gasteiger partial charge in [-0.2, -0.15) is 0 Å². The van der Waals surface area contributed by atoms with Crippen LogP contribution in [0.4, 0.5) is 0 Å². The molecule has 1 fully saturated rings. The maximum absolute atomic E-state index is 12.8. The molecule has 0 radical (unpaired) electrons. The van der Waals surface area contributed by atoms with Gasteiger partial charge in [0.2, 0.25) is 11.8 Å². The molecule has 1 aliphatic heterocycles. The maximum Gasteiger partial charge on any atom is 0.266 e. The summed E-state index contributed by atoms with van der Waals surface area (Å²) in [6.45, 7) is 4.49. The van der Waals surface area contributed by atoms with Crippen LogP contribution in [0.15, 0.2) is 42.6 Å². The molecule has 2 N–H and O–H groups in total. The first kappa shape index (κ1) is 18.0. The van der Waals surface area contributed by atoms with Crippen LogP contribution in [0, 0.1) is 5.92 Å². The predicted octanol–water partition coefficient (Wildman–Crippen LogP) is 1.75. The first-order valence-corrected chi connectivity index (χ1v) is 8.75. The van der Waals surface area contributed by atoms with E-state index in [9.17, 15) is 9.59 Å². The van der Waals surface area contributed by atoms with Crippen LogP contribution in [0.2, 0.25) is 0 Å². The summed E-state index contributed by atoms with van der Waals surface area (Å²) in [5, 5.41) is 4.39. The second kappa shape index (κ2) is 7.19. The lowest BCUT2D eigenvalue weighted by molar-refractivity contribution is -0.148. The Morgan fingerprint density at radius 3 is 2.42 bits per heavy atom. The SMILES string of the molecule is CC(C)(Oc1ccn(-c2ccccc2)n1)C(=O)N1CCC(C(N)=O)CC1. The Kier molecular flexibility index (Phi) is 4.97. The summed E-state index contributed by atoms with van der Waals surface area (Å²) in [5.41, 5.74) is 5.22. The van der Waals surface area contributed by atoms with Gasteiger partial charge in [-0.15, -0.1) is 5.10 Å². The molecule has 0 bridgehead atoms. The fourth-order valence-corrected chi connectivity index (χ4v) is 3.14. The number of piperidine rings is 1. The molecular weight excluding hydrogens is 332 g/mol. The van der Waals surface area contributed by atoms with Gasteiger partial charge >= 0.3 is 0 Å². The van der Waals surface area contributed by atoms with E-state index in [4.69, 9.17) is 10.5 Å². The van der Waals surface area contributed by atoms with Crippen LogP contribution < -0.4 is 10.5 Å². The minimum atomic E-state index is -1.05. The van der Waals surface area contributed by atoms with Gasteiger partial charge in [-0.05, 0) is 38.8 Å². The van der Waals surface area contributed by atoms with Gasteiger partial charge in [0, 0.05) is 31.3 Å². The van der Waals surface area contributed by atoms with Crippen molar-refractivity contribution in [3.05, 3.63) is 42.6 Å². The van der Waals surface area contributed by atoms with Gasteiger partial charge < -0.3 is 15.4 Å². The standard InChI is InChI=1S/C19H24N4O3/c1-19(2,18(25)22-11-8-14(9-12-22)17(20)24)26-16-10-13-23(21-16)15-6-4-3-5-7-15/h3-7,10,13-14H,8-9,11-12H2,1-2H3,(H2,20,24). The summed E-state index contributed by atoms with van der Waals surface area (Å²) < 4.78 is 7.58. The normalized spacial score (nSPS) is 15.7. The molecule has 0 atom stereocenters. The number of nitrogens with two attached hydrogens (primary N) is 1. The molecular formula is C19H24N4O3. The molecule has 0 spiro atoms. The van der Waals surface area contributed by atoms with Crippen molar-refractivity contribution in [1.29, 1.82) is 0 Å². The average Bonchev–Trinajstić information content (AvgIpc) is 3.09. The number of carbonyl (C=O) groups excluding carboxylic acids is 2. The van der Waals surface area contributed by atoms with Crippen LogP contribution in [0.1, 0.15) is 26.7 Å². The molecule has 0 unspecified atom stereocenters. The Labute approximate surface area is 152 Å². The van der Waals surface area contributed by atoms with Crippen molar-refractivity contribution in [2.75, 3.05) is 13.1 Å². The van der Waals surface area contributed by atoms with Crippen LogP contribution in [-0.2, 0) is 9.59 Å². The van der Waals surface area contributed by atoms with Gasteiger partial charge in [-0.25, -0.2) is 4.68 Å². The first-order chi connectivity index (χ1) is 12.4. The van der Waals surface area contributed by atoms with Crippen LogP contribution >= 0.6 is 0 Å². The largest absolute Gasteiger partial charge is 0.460 e. The topological polar surface area (TPSA) is 90.5 Å². The lowest BCUT2D eigenvalue weighted by atomic mass is 9.95. The molecule has 1 saturated heterocycles. The molecule has 1 aliphatic rings. The third-order valence-corrected chi connectivity index (χ3v) is 4.64. The highest BCUT2D eigenvalue weighted by Gasteiger charge is 2.37. The number of rotatable bonds is 5. The van der Waals surface area contributed by atoms with E-state index >= 15 is 0 Å². The van der Waals surface area contributed by atoms with Gasteiger partial charge in [-0.1, -0.05) is 18.2 Å². The molecule has 7 nitrogen and oxygen atoms in total. The first-order valence-electron chi connectivity index (χ1n) is 8.75. The monoisotopic (exact) mass is 356 g/mol. The summed E-state index contributed by atoms with van der Waals surface area (Å²) in [6.07, 6.45) is 2.99. The van der Waals surface area contributed by atoms with Crippen LogP contribution in [0.25, 0.3) is 5.69 Å². The van der Waals surface area contributed by atoms with Crippen molar-refractivity contribution in [1.82, 2.24) is 14.7 Å². The summed E-state index contributed by atoms with van der Waals surface area (Å²) in [5.74, 6) is -0.169. The smallest absolute Gasteiger partial charge is 0.266 e. The molecule has 0 saturated carbocycles. The Balaban J connectivity index is 1.64. The predicted molar refractivity (Wildman–Crippen MR) is 96.8 cm³/mol. The zero-order chi connectivity index (χ0) is 18.7. The fraction of sp³-hybridized carbons (Fsp3) is 0.421. The second-order valence-corrected chi connectivity index (χ2v) is 7.02. The number of hydrogen-bond acceptors (Lipinski definition) is 4. The van der Waals surface area contributed by atoms with E-state index in [2.05, 4.69) is 5.10 Å². The molecule has 2 aromatic rings. The number of nitrogens with zero attached hydrogens (tertiary/aromatic N) is 3. The Morgan fingerprint density at radius 2 is 1.81 bits per heavy atom. The van der Waals surface area contributed by atoms with Gasteiger partial charge in [0.05, 0.1) is 5.69 Å². The fourth-order valence-electron chi connectivity index (χ4n) is 3.14. The lowest BCUT2D eigenvalue weighted by Crippen LogP contribution is -2.52. The van der Waals surface area contributed by atoms with E-state index < -0.39 is 5.60 Å². The van der Waals surface area contributed by atoms with Gasteiger partial charge in [0.25, 0.3) is 5.91 Å². The minimum Gasteiger partial charge on any atom is -0.460 e. The van der Waals surface area contributed by atoms with Crippen LogP contribution in [0.3, 0.4) is 0 Å². The summed E-state index contributed by atoms with van der Waals surface area (Å²) in [7, 11) is 0. The van der Waals surface area contributed by atoms with Crippen molar-refractivity contribution in [3.8, 4) is 11.6 Å². The summed E-state index contributed by atoms with van der Waals surface area (Å²) >= 11 is 0. The van der Waals surface area contributed by atoms with Crippen molar-refractivity contribution < 1.29 is 14.3 Å². The van der Waals surface area contributed by atoms with E-state index in [1.165, 1.54) is 0 Å². The number of ether oxygens (including phenoxy) is 1. The number of hydrogen-bond donors (Lipinski definition) is 1. The quantitative estimate of drug-likeness (QED) is 0.884. The zero-order valence-corrected chi connectivity index (χ0v) is 15.1. The summed E-state index contributed by atoms with van der Waals surface area (Å²) in [4.78, 5) is 25.8. The maximum atomic E-state index is 12.8. The van der Waals surface area contributed by atoms with Crippen molar-refractivity contribution in [3.63, 3.8) is 0 Å². The Bertz CT molecular complexity index is 777. The van der Waals surface area contributed by atoms with E-state index in [-0.39, 0.29) is 17.7 Å². The van der Waals surface area contributed by atoms with Gasteiger partial charge in [0.15, 0.2) is 5.60 Å². The van der Waals surface area contributed by atoms with Crippen LogP contribution in [-0.4, -0.2) is 45.2 Å². The molecule has 2 amide bonds. The molecule has 0 aliphatic carbocycles. The van der Waals surface area contributed by atoms with Crippen LogP contribution in [0.5, 0.6) is 5.88 Å². The number of likely N-dealkylation sites (tertiary alicyclic amines) is 1. The molecule has 26 heavy (non-hydrogen) atoms. The number of carbonyl (C=O) groups is 2. The van der Waals surface area contributed by atoms with Crippen molar-refractivity contribution in [2.24, 2.45) is 11.7 Å². The third-order valence-electron chi connectivity index (χ3n) is 4.64. The number of amides is 2. The highest BCUT2D eigenvalue weighted by Crippen LogP contribution is 2.23. The Hall–Kier alpha value is -2.83. The van der Waals surface area contributed by atoms with E-state index in [0.717, 1.165) is 5.69 Å². The molecule has 1 aromatic heterocycles. The van der Waals surface area contributed by atoms with E-state index in [1.807, 2.05) is 30.3 Å². The highest BCUT2D eigenvalue weighted by molar-refractivity contribution is 5.85. The molecule has 3 rings (SSSR count). The number of benzene rings is 1. The minimum absolute atomic E-state index is 0.116. The molecule has 138 valence electrons. The number of primary amides is 1. The zero-order valence-electron chi connectivity index (χ0n) is 15.1. The average molecular weight is 356 g/mol. The second-order valence-electron chi connectivity index (χ2n) is 7.02. The highest BCUT2D eigenvalue weighted by atomic mass is 16.5. The van der Waals surface area contributed by atoms with E-state index in [1.54, 1.807) is 35.7 Å². The third kappa shape index (κ3) is 3.87. The lowest BCUT2D eigenvalue weighted by Gasteiger charge is -2.35. The van der Waals surface area contributed by atoms with Gasteiger partial charge in [-0.3, -0.25) is 9.59 Å². The number of para-hydroxylation sites is 1. The molecule has 1 aromatic carbocycles. The van der Waals surface area contributed by atoms with Crippen molar-refractivity contribution in [2.45, 2.75) is 32.3 Å². The number of aromatic nitrogens is 2. The molecule has 2 heterocycles. The van der Waals surface area contributed by atoms with Gasteiger partial charge in [0.1, 0.15) is 0 Å². The summed E-state index contributed by atoms with van der Waals surface area (Å²) in [6, 6.07) is 11.4.